The van der Waals surface area contributed by atoms with Crippen LogP contribution in [0.5, 0.6) is 0 Å². The fourth-order valence-corrected chi connectivity index (χ4v) is 7.54. The first-order chi connectivity index (χ1) is 28.3. The van der Waals surface area contributed by atoms with Crippen molar-refractivity contribution in [2.24, 2.45) is 5.73 Å². The summed E-state index contributed by atoms with van der Waals surface area (Å²) in [5, 5.41) is 19.3. The van der Waals surface area contributed by atoms with E-state index >= 15 is 0 Å². The second kappa shape index (κ2) is 21.6. The Balaban J connectivity index is 1.20. The van der Waals surface area contributed by atoms with E-state index in [0.29, 0.717) is 110 Å². The van der Waals surface area contributed by atoms with Gasteiger partial charge in [-0.15, -0.1) is 6.58 Å². The van der Waals surface area contributed by atoms with Crippen molar-refractivity contribution in [3.05, 3.63) is 137 Å². The van der Waals surface area contributed by atoms with Crippen LogP contribution in [0.4, 0.5) is 5.69 Å². The van der Waals surface area contributed by atoms with E-state index in [1.54, 1.807) is 12.1 Å². The average Bonchev–Trinajstić information content (AvgIpc) is 3.23. The Morgan fingerprint density at radius 1 is 0.724 bits per heavy atom. The standard InChI is InChI=1S/C44H54N6O8/c1-2-34-36-12-5-6-16-40(36)50(29-32-9-3-4-11-35(32)42(34)45)31-41(37-13-8-15-39(47-37)44(53)54)49-19-23-57-27-25-55-21-17-48(18-22-56-26-28-58-24-20-49)30-33-10-7-14-38(46-33)43(51)52/h2-16,34,41-42H,1,17-31,45H2,(H,51,52)(H,53,54). The molecule has 0 amide bonds. The molecule has 58 heavy (non-hydrogen) atoms. The number of pyridine rings is 2. The maximum Gasteiger partial charge on any atom is 0.354 e. The second-order valence-corrected chi connectivity index (χ2v) is 14.3. The molecule has 1 saturated heterocycles. The normalized spacial score (nSPS) is 20.3. The minimum absolute atomic E-state index is 0.0101. The van der Waals surface area contributed by atoms with Crippen molar-refractivity contribution >= 4 is 17.6 Å². The van der Waals surface area contributed by atoms with Crippen LogP contribution in [0.3, 0.4) is 0 Å². The molecule has 3 atom stereocenters. The van der Waals surface area contributed by atoms with Gasteiger partial charge >= 0.3 is 11.9 Å². The lowest BCUT2D eigenvalue weighted by atomic mass is 9.83. The van der Waals surface area contributed by atoms with Crippen LogP contribution >= 0.6 is 0 Å². The highest BCUT2D eigenvalue weighted by Gasteiger charge is 2.32. The highest BCUT2D eigenvalue weighted by atomic mass is 16.5. The number of aromatic carboxylic acids is 2. The molecule has 2 aromatic carbocycles. The summed E-state index contributed by atoms with van der Waals surface area (Å²) in [7, 11) is 0. The van der Waals surface area contributed by atoms with Crippen LogP contribution in [0, 0.1) is 0 Å². The molecule has 3 unspecified atom stereocenters. The first kappa shape index (κ1) is 42.5. The summed E-state index contributed by atoms with van der Waals surface area (Å²) >= 11 is 0. The van der Waals surface area contributed by atoms with Crippen molar-refractivity contribution in [2.45, 2.75) is 31.1 Å². The Hall–Kier alpha value is -5.06. The highest BCUT2D eigenvalue weighted by Crippen LogP contribution is 2.41. The van der Waals surface area contributed by atoms with E-state index in [1.807, 2.05) is 42.5 Å². The van der Waals surface area contributed by atoms with E-state index in [2.05, 4.69) is 55.5 Å². The first-order valence-corrected chi connectivity index (χ1v) is 19.8. The van der Waals surface area contributed by atoms with Gasteiger partial charge in [-0.25, -0.2) is 19.6 Å². The van der Waals surface area contributed by atoms with Gasteiger partial charge in [-0.2, -0.15) is 0 Å². The van der Waals surface area contributed by atoms with E-state index in [0.717, 1.165) is 22.4 Å². The van der Waals surface area contributed by atoms with Gasteiger partial charge in [0, 0.05) is 63.5 Å². The summed E-state index contributed by atoms with van der Waals surface area (Å²) in [4.78, 5) is 39.3. The Morgan fingerprint density at radius 3 is 1.93 bits per heavy atom. The number of fused-ring (bicyclic) bond motifs is 2. The molecule has 0 radical (unpaired) electrons. The molecule has 2 aromatic heterocycles. The number of benzene rings is 2. The zero-order valence-corrected chi connectivity index (χ0v) is 32.9. The Labute approximate surface area is 339 Å². The molecule has 6 rings (SSSR count). The molecule has 14 heteroatoms. The van der Waals surface area contributed by atoms with E-state index in [9.17, 15) is 19.8 Å². The number of carboxylic acid groups (broad SMARTS) is 2. The van der Waals surface area contributed by atoms with Crippen molar-refractivity contribution < 1.29 is 38.7 Å². The Morgan fingerprint density at radius 2 is 1.29 bits per heavy atom. The van der Waals surface area contributed by atoms with Crippen molar-refractivity contribution in [1.82, 2.24) is 19.8 Å². The van der Waals surface area contributed by atoms with Crippen LogP contribution in [0.25, 0.3) is 0 Å². The Bertz CT molecular complexity index is 1940. The van der Waals surface area contributed by atoms with E-state index in [-0.39, 0.29) is 29.4 Å². The van der Waals surface area contributed by atoms with E-state index < -0.39 is 11.9 Å². The topological polar surface area (TPSA) is 173 Å². The first-order valence-electron chi connectivity index (χ1n) is 19.8. The number of ether oxygens (including phenoxy) is 4. The van der Waals surface area contributed by atoms with Crippen molar-refractivity contribution in [1.29, 1.82) is 0 Å². The fourth-order valence-electron chi connectivity index (χ4n) is 7.54. The predicted octanol–water partition coefficient (Wildman–Crippen LogP) is 4.79. The molecule has 2 aliphatic rings. The molecular weight excluding hydrogens is 741 g/mol. The fraction of sp³-hybridized carbons (Fsp3) is 0.409. The maximum absolute atomic E-state index is 12.2. The molecular formula is C44H54N6O8. The number of hydrogen-bond acceptors (Lipinski definition) is 12. The van der Waals surface area contributed by atoms with Crippen LogP contribution in [0.1, 0.15) is 67.1 Å². The summed E-state index contributed by atoms with van der Waals surface area (Å²) in [5.74, 6) is -2.29. The third-order valence-electron chi connectivity index (χ3n) is 10.5. The largest absolute Gasteiger partial charge is 0.477 e. The lowest BCUT2D eigenvalue weighted by Crippen LogP contribution is -2.43. The number of hydrogen-bond donors (Lipinski definition) is 3. The molecule has 2 aliphatic heterocycles. The van der Waals surface area contributed by atoms with Gasteiger partial charge in [0.1, 0.15) is 11.4 Å². The highest BCUT2D eigenvalue weighted by molar-refractivity contribution is 5.85. The van der Waals surface area contributed by atoms with E-state index in [1.165, 1.54) is 12.1 Å². The SMILES string of the molecule is C=CC1c2ccccc2N(CC(c2cccc(C(=O)O)n2)N2CCOCCOCCN(Cc3cccc(C(=O)O)n3)CCOCCOCC2)Cc2ccccc2C1N. The monoisotopic (exact) mass is 794 g/mol. The molecule has 0 spiro atoms. The number of nitrogens with zero attached hydrogens (tertiary/aromatic N) is 5. The number of rotatable bonds is 9. The van der Waals surface area contributed by atoms with Crippen molar-refractivity contribution in [2.75, 3.05) is 90.5 Å². The number of para-hydroxylation sites is 1. The van der Waals surface area contributed by atoms with Crippen LogP contribution in [-0.4, -0.2) is 127 Å². The summed E-state index contributed by atoms with van der Waals surface area (Å²) < 4.78 is 24.2. The number of carboxylic acids is 2. The van der Waals surface area contributed by atoms with Gasteiger partial charge in [0.2, 0.25) is 0 Å². The number of aromatic nitrogens is 2. The molecule has 4 heterocycles. The van der Waals surface area contributed by atoms with Crippen LogP contribution in [-0.2, 0) is 32.0 Å². The van der Waals surface area contributed by atoms with E-state index in [4.69, 9.17) is 24.7 Å². The number of anilines is 1. The molecule has 0 aliphatic carbocycles. The minimum atomic E-state index is -1.09. The second-order valence-electron chi connectivity index (χ2n) is 14.3. The van der Waals surface area contributed by atoms with Gasteiger partial charge in [0.05, 0.1) is 70.3 Å². The average molecular weight is 795 g/mol. The lowest BCUT2D eigenvalue weighted by molar-refractivity contribution is 0.00142. The quantitative estimate of drug-likeness (QED) is 0.198. The van der Waals surface area contributed by atoms with Gasteiger partial charge in [0.25, 0.3) is 0 Å². The molecule has 1 fully saturated rings. The Kier molecular flexibility index (Phi) is 15.9. The van der Waals surface area contributed by atoms with Crippen LogP contribution in [0.2, 0.25) is 0 Å². The van der Waals surface area contributed by atoms with Gasteiger partial charge < -0.3 is 39.8 Å². The summed E-state index contributed by atoms with van der Waals surface area (Å²) in [6, 6.07) is 26.1. The molecule has 308 valence electrons. The molecule has 4 N–H and O–H groups in total. The van der Waals surface area contributed by atoms with Crippen molar-refractivity contribution in [3.63, 3.8) is 0 Å². The smallest absolute Gasteiger partial charge is 0.354 e. The predicted molar refractivity (Wildman–Crippen MR) is 219 cm³/mol. The zero-order valence-electron chi connectivity index (χ0n) is 32.9. The van der Waals surface area contributed by atoms with Crippen molar-refractivity contribution in [3.8, 4) is 0 Å². The van der Waals surface area contributed by atoms with Gasteiger partial charge in [-0.3, -0.25) is 9.80 Å². The summed E-state index contributed by atoms with van der Waals surface area (Å²) in [6.45, 7) is 11.2. The van der Waals surface area contributed by atoms with Gasteiger partial charge in [0.15, 0.2) is 0 Å². The minimum Gasteiger partial charge on any atom is -0.477 e. The molecule has 0 saturated carbocycles. The van der Waals surface area contributed by atoms with Gasteiger partial charge in [-0.1, -0.05) is 60.7 Å². The third-order valence-corrected chi connectivity index (χ3v) is 10.5. The summed E-state index contributed by atoms with van der Waals surface area (Å²) in [6.07, 6.45) is 1.92. The zero-order chi connectivity index (χ0) is 40.7. The lowest BCUT2D eigenvalue weighted by Gasteiger charge is -2.40. The van der Waals surface area contributed by atoms with Gasteiger partial charge in [-0.05, 0) is 47.0 Å². The maximum atomic E-state index is 12.2. The summed E-state index contributed by atoms with van der Waals surface area (Å²) in [5.41, 5.74) is 12.5. The third kappa shape index (κ3) is 11.5. The molecule has 4 aromatic rings. The van der Waals surface area contributed by atoms with Crippen LogP contribution < -0.4 is 10.6 Å². The number of nitrogens with two attached hydrogens (primary N) is 1. The number of carbonyl (C=O) groups is 2. The molecule has 0 bridgehead atoms. The molecule has 14 nitrogen and oxygen atoms in total. The van der Waals surface area contributed by atoms with Crippen LogP contribution in [0.15, 0.2) is 97.6 Å².